The lowest BCUT2D eigenvalue weighted by molar-refractivity contribution is 0.0625. The molecule has 1 saturated heterocycles. The lowest BCUT2D eigenvalue weighted by atomic mass is 10.1. The highest BCUT2D eigenvalue weighted by molar-refractivity contribution is 9.10. The van der Waals surface area contributed by atoms with Crippen molar-refractivity contribution in [2.45, 2.75) is 6.54 Å². The van der Waals surface area contributed by atoms with Crippen LogP contribution in [0.5, 0.6) is 5.75 Å². The number of aromatic hydroxyl groups is 1. The van der Waals surface area contributed by atoms with Crippen LogP contribution in [0.1, 0.15) is 15.4 Å². The molecule has 5 nitrogen and oxygen atoms in total. The number of thiazole rings is 1. The van der Waals surface area contributed by atoms with Gasteiger partial charge in [0.15, 0.2) is 0 Å². The van der Waals surface area contributed by atoms with Crippen LogP contribution in [0.3, 0.4) is 0 Å². The second-order valence-electron chi connectivity index (χ2n) is 6.31. The largest absolute Gasteiger partial charge is 0.507 e. The summed E-state index contributed by atoms with van der Waals surface area (Å²) >= 11 is 5.08. The van der Waals surface area contributed by atoms with Gasteiger partial charge < -0.3 is 10.0 Å². The normalized spacial score (nSPS) is 15.5. The molecule has 1 N–H and O–H groups in total. The van der Waals surface area contributed by atoms with E-state index in [4.69, 9.17) is 0 Å². The molecule has 134 valence electrons. The number of halogens is 1. The van der Waals surface area contributed by atoms with E-state index in [9.17, 15) is 9.90 Å². The first-order valence-electron chi connectivity index (χ1n) is 8.45. The van der Waals surface area contributed by atoms with Gasteiger partial charge in [0.1, 0.15) is 10.8 Å². The molecule has 2 aromatic carbocycles. The topological polar surface area (TPSA) is 56.7 Å². The Morgan fingerprint density at radius 3 is 2.69 bits per heavy atom. The molecular weight excluding hydrogens is 414 g/mol. The maximum absolute atomic E-state index is 12.7. The van der Waals surface area contributed by atoms with Gasteiger partial charge in [-0.15, -0.1) is 11.3 Å². The van der Waals surface area contributed by atoms with Crippen LogP contribution in [0.15, 0.2) is 46.9 Å². The first-order chi connectivity index (χ1) is 12.6. The number of hydrogen-bond acceptors (Lipinski definition) is 5. The molecular formula is C19H18BrN3O2S. The standard InChI is InChI=1S/C19H18BrN3O2S/c20-13-5-6-16(24)14(11-13)19(25)23-9-7-22(8-10-23)12-18-21-15-3-1-2-4-17(15)26-18/h1-6,11,24H,7-10,12H2. The van der Waals surface area contributed by atoms with Crippen molar-refractivity contribution in [2.75, 3.05) is 26.2 Å². The summed E-state index contributed by atoms with van der Waals surface area (Å²) in [6.45, 7) is 3.71. The van der Waals surface area contributed by atoms with Crippen molar-refractivity contribution in [2.24, 2.45) is 0 Å². The van der Waals surface area contributed by atoms with Crippen molar-refractivity contribution >= 4 is 43.4 Å². The summed E-state index contributed by atoms with van der Waals surface area (Å²) in [4.78, 5) is 21.5. The van der Waals surface area contributed by atoms with E-state index in [0.29, 0.717) is 18.7 Å². The molecule has 0 atom stereocenters. The average Bonchev–Trinajstić information content (AvgIpc) is 3.06. The maximum Gasteiger partial charge on any atom is 0.257 e. The van der Waals surface area contributed by atoms with Gasteiger partial charge in [0, 0.05) is 30.7 Å². The predicted molar refractivity (Wildman–Crippen MR) is 107 cm³/mol. The summed E-state index contributed by atoms with van der Waals surface area (Å²) < 4.78 is 1.99. The van der Waals surface area contributed by atoms with Gasteiger partial charge in [0.25, 0.3) is 5.91 Å². The zero-order valence-corrected chi connectivity index (χ0v) is 16.5. The molecule has 1 fully saturated rings. The Bertz CT molecular complexity index is 918. The molecule has 0 spiro atoms. The number of piperazine rings is 1. The molecule has 1 amide bonds. The Balaban J connectivity index is 1.39. The molecule has 7 heteroatoms. The average molecular weight is 432 g/mol. The lowest BCUT2D eigenvalue weighted by Crippen LogP contribution is -2.48. The smallest absolute Gasteiger partial charge is 0.257 e. The number of fused-ring (bicyclic) bond motifs is 1. The highest BCUT2D eigenvalue weighted by atomic mass is 79.9. The summed E-state index contributed by atoms with van der Waals surface area (Å²) in [7, 11) is 0. The minimum atomic E-state index is -0.122. The highest BCUT2D eigenvalue weighted by Crippen LogP contribution is 2.25. The van der Waals surface area contributed by atoms with Crippen LogP contribution in [-0.2, 0) is 6.54 Å². The first kappa shape index (κ1) is 17.5. The van der Waals surface area contributed by atoms with E-state index >= 15 is 0 Å². The van der Waals surface area contributed by atoms with E-state index in [1.165, 1.54) is 4.70 Å². The van der Waals surface area contributed by atoms with Crippen LogP contribution < -0.4 is 0 Å². The molecule has 2 heterocycles. The number of aromatic nitrogens is 1. The number of phenolic OH excluding ortho intramolecular Hbond substituents is 1. The van der Waals surface area contributed by atoms with Crippen molar-refractivity contribution in [1.82, 2.24) is 14.8 Å². The maximum atomic E-state index is 12.7. The third kappa shape index (κ3) is 3.60. The van der Waals surface area contributed by atoms with Crippen LogP contribution in [-0.4, -0.2) is 52.0 Å². The fraction of sp³-hybridized carbons (Fsp3) is 0.263. The number of nitrogens with zero attached hydrogens (tertiary/aromatic N) is 3. The Kier molecular flexibility index (Phi) is 4.93. The second kappa shape index (κ2) is 7.34. The fourth-order valence-corrected chi connectivity index (χ4v) is 4.51. The number of phenols is 1. The van der Waals surface area contributed by atoms with Crippen molar-refractivity contribution in [3.8, 4) is 5.75 Å². The SMILES string of the molecule is O=C(c1cc(Br)ccc1O)N1CCN(Cc2nc3ccccc3s2)CC1. The Morgan fingerprint density at radius 1 is 1.15 bits per heavy atom. The Labute approximate surface area is 164 Å². The molecule has 0 saturated carbocycles. The van der Waals surface area contributed by atoms with E-state index < -0.39 is 0 Å². The highest BCUT2D eigenvalue weighted by Gasteiger charge is 2.24. The van der Waals surface area contributed by atoms with Gasteiger partial charge in [-0.25, -0.2) is 4.98 Å². The minimum absolute atomic E-state index is 0.0232. The van der Waals surface area contributed by atoms with Gasteiger partial charge in [0.2, 0.25) is 0 Å². The third-order valence-corrected chi connectivity index (χ3v) is 6.06. The quantitative estimate of drug-likeness (QED) is 0.686. The number of carbonyl (C=O) groups is 1. The molecule has 1 aliphatic heterocycles. The van der Waals surface area contributed by atoms with Crippen LogP contribution in [0.25, 0.3) is 10.2 Å². The van der Waals surface area contributed by atoms with Crippen LogP contribution >= 0.6 is 27.3 Å². The first-order valence-corrected chi connectivity index (χ1v) is 10.1. The van der Waals surface area contributed by atoms with Gasteiger partial charge in [-0.2, -0.15) is 0 Å². The third-order valence-electron chi connectivity index (χ3n) is 4.55. The number of amides is 1. The van der Waals surface area contributed by atoms with Crippen molar-refractivity contribution < 1.29 is 9.90 Å². The van der Waals surface area contributed by atoms with Gasteiger partial charge in [0.05, 0.1) is 22.3 Å². The van der Waals surface area contributed by atoms with Crippen LogP contribution in [0, 0.1) is 0 Å². The van der Waals surface area contributed by atoms with Crippen molar-refractivity contribution in [3.05, 3.63) is 57.5 Å². The van der Waals surface area contributed by atoms with Crippen molar-refractivity contribution in [1.29, 1.82) is 0 Å². The van der Waals surface area contributed by atoms with Crippen LogP contribution in [0.2, 0.25) is 0 Å². The van der Waals surface area contributed by atoms with Gasteiger partial charge in [-0.3, -0.25) is 9.69 Å². The fourth-order valence-electron chi connectivity index (χ4n) is 3.14. The summed E-state index contributed by atoms with van der Waals surface area (Å²) in [5.74, 6) is -0.0986. The van der Waals surface area contributed by atoms with E-state index in [1.54, 1.807) is 34.4 Å². The predicted octanol–water partition coefficient (Wildman–Crippen LogP) is 3.72. The summed E-state index contributed by atoms with van der Waals surface area (Å²) in [6.07, 6.45) is 0. The molecule has 26 heavy (non-hydrogen) atoms. The molecule has 0 bridgehead atoms. The van der Waals surface area contributed by atoms with E-state index in [-0.39, 0.29) is 11.7 Å². The summed E-state index contributed by atoms with van der Waals surface area (Å²) in [6, 6.07) is 13.1. The van der Waals surface area contributed by atoms with Gasteiger partial charge >= 0.3 is 0 Å². The Hall–Kier alpha value is -1.96. The number of carbonyl (C=O) groups excluding carboxylic acids is 1. The molecule has 0 unspecified atom stereocenters. The zero-order chi connectivity index (χ0) is 18.1. The number of para-hydroxylation sites is 1. The van der Waals surface area contributed by atoms with Gasteiger partial charge in [-0.05, 0) is 30.3 Å². The molecule has 0 radical (unpaired) electrons. The molecule has 0 aliphatic carbocycles. The van der Waals surface area contributed by atoms with E-state index in [1.807, 2.05) is 18.2 Å². The van der Waals surface area contributed by atoms with Crippen LogP contribution in [0.4, 0.5) is 0 Å². The minimum Gasteiger partial charge on any atom is -0.507 e. The molecule has 4 rings (SSSR count). The second-order valence-corrected chi connectivity index (χ2v) is 8.34. The van der Waals surface area contributed by atoms with Gasteiger partial charge in [-0.1, -0.05) is 28.1 Å². The van der Waals surface area contributed by atoms with Crippen molar-refractivity contribution in [3.63, 3.8) is 0 Å². The molecule has 3 aromatic rings. The summed E-state index contributed by atoms with van der Waals surface area (Å²) in [5.41, 5.74) is 1.39. The number of hydrogen-bond donors (Lipinski definition) is 1. The molecule has 1 aliphatic rings. The van der Waals surface area contributed by atoms with E-state index in [0.717, 1.165) is 34.6 Å². The van der Waals surface area contributed by atoms with E-state index in [2.05, 4.69) is 31.9 Å². The Morgan fingerprint density at radius 2 is 1.92 bits per heavy atom. The monoisotopic (exact) mass is 431 g/mol. The lowest BCUT2D eigenvalue weighted by Gasteiger charge is -2.34. The zero-order valence-electron chi connectivity index (χ0n) is 14.1. The summed E-state index contributed by atoms with van der Waals surface area (Å²) in [5, 5.41) is 11.1. The molecule has 1 aromatic heterocycles. The number of rotatable bonds is 3. The number of benzene rings is 2.